The van der Waals surface area contributed by atoms with Crippen LogP contribution in [0, 0.1) is 0 Å². The van der Waals surface area contributed by atoms with Gasteiger partial charge in [-0.05, 0) is 24.0 Å². The Labute approximate surface area is 128 Å². The fraction of sp³-hybridized carbons (Fsp3) is 0.143. The molecule has 4 rings (SSSR count). The van der Waals surface area contributed by atoms with Gasteiger partial charge in [0.1, 0.15) is 0 Å². The first-order chi connectivity index (χ1) is 9.81. The molecule has 0 N–H and O–H groups in total. The molecule has 6 heteroatoms. The molecule has 3 nitrogen and oxygen atoms in total. The molecule has 4 aromatic rings. The fourth-order valence-corrected chi connectivity index (χ4v) is 4.73. The van der Waals surface area contributed by atoms with Gasteiger partial charge in [-0.2, -0.15) is 0 Å². The van der Waals surface area contributed by atoms with E-state index in [9.17, 15) is 0 Å². The lowest BCUT2D eigenvalue weighted by Gasteiger charge is -1.97. The first kappa shape index (κ1) is 12.4. The van der Waals surface area contributed by atoms with E-state index in [1.807, 2.05) is 12.4 Å². The van der Waals surface area contributed by atoms with Crippen LogP contribution in [0.2, 0.25) is 0 Å². The smallest absolute Gasteiger partial charge is 0.193 e. The minimum Gasteiger partial charge on any atom is -0.297 e. The lowest BCUT2D eigenvalue weighted by Crippen LogP contribution is -1.84. The Bertz CT molecular complexity index is 859. The maximum absolute atomic E-state index is 4.58. The van der Waals surface area contributed by atoms with Crippen LogP contribution >= 0.6 is 34.4 Å². The number of nitrogens with zero attached hydrogens (tertiary/aromatic N) is 3. The molecule has 0 aliphatic rings. The number of benzene rings is 1. The van der Waals surface area contributed by atoms with E-state index in [1.54, 1.807) is 34.4 Å². The number of thioether (sulfide) groups is 1. The Morgan fingerprint density at radius 1 is 1.30 bits per heavy atom. The van der Waals surface area contributed by atoms with Crippen molar-refractivity contribution in [2.24, 2.45) is 0 Å². The fourth-order valence-electron chi connectivity index (χ4n) is 2.20. The molecule has 0 spiro atoms. The van der Waals surface area contributed by atoms with Crippen molar-refractivity contribution in [3.05, 3.63) is 47.2 Å². The van der Waals surface area contributed by atoms with Crippen molar-refractivity contribution < 1.29 is 0 Å². The Morgan fingerprint density at radius 2 is 2.25 bits per heavy atom. The van der Waals surface area contributed by atoms with Crippen LogP contribution in [0.15, 0.2) is 41.1 Å². The van der Waals surface area contributed by atoms with Crippen molar-refractivity contribution in [2.45, 2.75) is 10.8 Å². The van der Waals surface area contributed by atoms with Gasteiger partial charge in [-0.1, -0.05) is 17.8 Å². The van der Waals surface area contributed by atoms with Crippen LogP contribution in [0.1, 0.15) is 10.4 Å². The SMILES string of the molecule is CSc1nc2ccc(Cc3cn4ccnc4s3)cc2s1. The third-order valence-corrected chi connectivity index (χ3v) is 6.14. The van der Waals surface area contributed by atoms with Gasteiger partial charge in [0.15, 0.2) is 9.30 Å². The van der Waals surface area contributed by atoms with E-state index in [0.29, 0.717) is 0 Å². The molecular formula is C14H11N3S3. The summed E-state index contributed by atoms with van der Waals surface area (Å²) in [6.45, 7) is 0. The standard InChI is InChI=1S/C14H11N3S3/c1-18-14-16-11-3-2-9(7-12(11)20-14)6-10-8-17-5-4-15-13(17)19-10/h2-5,7-8H,6H2,1H3. The Balaban J connectivity index is 1.69. The van der Waals surface area contributed by atoms with Crippen molar-refractivity contribution in [3.8, 4) is 0 Å². The topological polar surface area (TPSA) is 30.2 Å². The van der Waals surface area contributed by atoms with Gasteiger partial charge < -0.3 is 0 Å². The maximum Gasteiger partial charge on any atom is 0.193 e. The molecule has 0 bridgehead atoms. The zero-order valence-corrected chi connectivity index (χ0v) is 13.2. The van der Waals surface area contributed by atoms with Crippen LogP contribution in [0.5, 0.6) is 0 Å². The number of imidazole rings is 1. The summed E-state index contributed by atoms with van der Waals surface area (Å²) in [7, 11) is 0. The van der Waals surface area contributed by atoms with Gasteiger partial charge in [0.2, 0.25) is 0 Å². The summed E-state index contributed by atoms with van der Waals surface area (Å²) in [5.41, 5.74) is 2.43. The number of aromatic nitrogens is 3. The van der Waals surface area contributed by atoms with E-state index >= 15 is 0 Å². The van der Waals surface area contributed by atoms with Gasteiger partial charge in [0, 0.05) is 29.9 Å². The lowest BCUT2D eigenvalue weighted by molar-refractivity contribution is 1.17. The number of fused-ring (bicyclic) bond motifs is 2. The molecule has 0 atom stereocenters. The average Bonchev–Trinajstić information content (AvgIpc) is 3.10. The molecule has 0 aliphatic heterocycles. The van der Waals surface area contributed by atoms with Crippen molar-refractivity contribution >= 4 is 49.6 Å². The number of rotatable bonds is 3. The van der Waals surface area contributed by atoms with Crippen LogP contribution in [0.3, 0.4) is 0 Å². The van der Waals surface area contributed by atoms with Gasteiger partial charge in [-0.3, -0.25) is 4.40 Å². The third kappa shape index (κ3) is 2.13. The average molecular weight is 317 g/mol. The summed E-state index contributed by atoms with van der Waals surface area (Å²) in [5.74, 6) is 0. The van der Waals surface area contributed by atoms with Crippen molar-refractivity contribution in [1.29, 1.82) is 0 Å². The van der Waals surface area contributed by atoms with Crippen molar-refractivity contribution in [1.82, 2.24) is 14.4 Å². The van der Waals surface area contributed by atoms with Gasteiger partial charge in [-0.15, -0.1) is 22.7 Å². The maximum atomic E-state index is 4.58. The van der Waals surface area contributed by atoms with Crippen molar-refractivity contribution in [3.63, 3.8) is 0 Å². The van der Waals surface area contributed by atoms with Gasteiger partial charge in [-0.25, -0.2) is 9.97 Å². The van der Waals surface area contributed by atoms with Crippen LogP contribution in [0.25, 0.3) is 15.2 Å². The predicted octanol–water partition coefficient (Wildman–Crippen LogP) is 4.32. The molecule has 0 unspecified atom stereocenters. The van der Waals surface area contributed by atoms with Gasteiger partial charge >= 0.3 is 0 Å². The molecule has 20 heavy (non-hydrogen) atoms. The molecule has 0 aliphatic carbocycles. The molecule has 1 aromatic carbocycles. The zero-order chi connectivity index (χ0) is 13.5. The molecule has 0 saturated heterocycles. The van der Waals surface area contributed by atoms with E-state index in [0.717, 1.165) is 21.2 Å². The monoisotopic (exact) mass is 317 g/mol. The largest absolute Gasteiger partial charge is 0.297 e. The minimum absolute atomic E-state index is 0.955. The van der Waals surface area contributed by atoms with Gasteiger partial charge in [0.05, 0.1) is 10.2 Å². The molecule has 3 heterocycles. The molecule has 0 radical (unpaired) electrons. The van der Waals surface area contributed by atoms with E-state index < -0.39 is 0 Å². The summed E-state index contributed by atoms with van der Waals surface area (Å²) in [6.07, 6.45) is 9.02. The summed E-state index contributed by atoms with van der Waals surface area (Å²) >= 11 is 5.22. The normalized spacial score (nSPS) is 11.7. The molecule has 3 aromatic heterocycles. The van der Waals surface area contributed by atoms with Crippen LogP contribution < -0.4 is 0 Å². The molecule has 0 amide bonds. The minimum atomic E-state index is 0.955. The molecular weight excluding hydrogens is 306 g/mol. The Kier molecular flexibility index (Phi) is 3.02. The van der Waals surface area contributed by atoms with Crippen molar-refractivity contribution in [2.75, 3.05) is 6.26 Å². The van der Waals surface area contributed by atoms with Crippen LogP contribution in [-0.2, 0) is 6.42 Å². The van der Waals surface area contributed by atoms with E-state index in [2.05, 4.69) is 45.0 Å². The highest BCUT2D eigenvalue weighted by molar-refractivity contribution is 8.00. The van der Waals surface area contributed by atoms with Crippen LogP contribution in [0.4, 0.5) is 0 Å². The summed E-state index contributed by atoms with van der Waals surface area (Å²) < 4.78 is 4.48. The van der Waals surface area contributed by atoms with E-state index in [4.69, 9.17) is 0 Å². The highest BCUT2D eigenvalue weighted by Gasteiger charge is 2.07. The lowest BCUT2D eigenvalue weighted by atomic mass is 10.1. The number of hydrogen-bond acceptors (Lipinski definition) is 5. The predicted molar refractivity (Wildman–Crippen MR) is 87.3 cm³/mol. The summed E-state index contributed by atoms with van der Waals surface area (Å²) in [6, 6.07) is 6.56. The highest BCUT2D eigenvalue weighted by atomic mass is 32.2. The second-order valence-corrected chi connectivity index (χ2v) is 7.65. The quantitative estimate of drug-likeness (QED) is 0.527. The second kappa shape index (κ2) is 4.87. The summed E-state index contributed by atoms with van der Waals surface area (Å²) in [5, 5.41) is 0. The Morgan fingerprint density at radius 3 is 3.10 bits per heavy atom. The number of thiazole rings is 2. The van der Waals surface area contributed by atoms with E-state index in [-0.39, 0.29) is 0 Å². The first-order valence-electron chi connectivity index (χ1n) is 6.17. The second-order valence-electron chi connectivity index (χ2n) is 4.48. The molecule has 0 fully saturated rings. The number of hydrogen-bond donors (Lipinski definition) is 0. The summed E-state index contributed by atoms with van der Waals surface area (Å²) in [4.78, 5) is 11.3. The zero-order valence-electron chi connectivity index (χ0n) is 10.7. The molecule has 100 valence electrons. The first-order valence-corrected chi connectivity index (χ1v) is 9.02. The highest BCUT2D eigenvalue weighted by Crippen LogP contribution is 2.29. The third-order valence-electron chi connectivity index (χ3n) is 3.12. The Hall–Kier alpha value is -1.37. The van der Waals surface area contributed by atoms with E-state index in [1.165, 1.54) is 15.1 Å². The van der Waals surface area contributed by atoms with Gasteiger partial charge in [0.25, 0.3) is 0 Å². The van der Waals surface area contributed by atoms with Crippen LogP contribution in [-0.4, -0.2) is 20.6 Å². The molecule has 0 saturated carbocycles.